The van der Waals surface area contributed by atoms with Gasteiger partial charge in [-0.1, -0.05) is 6.92 Å². The average molecular weight is 207 g/mol. The Labute approximate surface area is 90.1 Å². The van der Waals surface area contributed by atoms with Crippen molar-refractivity contribution in [3.63, 3.8) is 0 Å². The minimum Gasteiger partial charge on any atom is -0.477 e. The van der Waals surface area contributed by atoms with E-state index in [1.807, 2.05) is 0 Å². The topological polar surface area (TPSA) is 47.0 Å². The largest absolute Gasteiger partial charge is 0.477 e. The van der Waals surface area contributed by atoms with Crippen molar-refractivity contribution in [2.75, 3.05) is 18.5 Å². The van der Waals surface area contributed by atoms with Gasteiger partial charge in [-0.15, -0.1) is 0 Å². The third-order valence-electron chi connectivity index (χ3n) is 2.33. The van der Waals surface area contributed by atoms with Gasteiger partial charge in [0, 0.05) is 18.8 Å². The molecule has 15 heavy (non-hydrogen) atoms. The fourth-order valence-corrected chi connectivity index (χ4v) is 1.23. The second-order valence-corrected chi connectivity index (χ2v) is 3.90. The molecule has 1 aromatic heterocycles. The summed E-state index contributed by atoms with van der Waals surface area (Å²) in [5, 5.41) is 3.14. The van der Waals surface area contributed by atoms with E-state index >= 15 is 0 Å². The Morgan fingerprint density at radius 1 is 1.53 bits per heavy atom. The quantitative estimate of drug-likeness (QED) is 0.776. The van der Waals surface area contributed by atoms with Crippen molar-refractivity contribution in [3.8, 4) is 5.88 Å². The Morgan fingerprint density at radius 3 is 3.13 bits per heavy atom. The maximum Gasteiger partial charge on any atom is 0.225 e. The van der Waals surface area contributed by atoms with E-state index in [1.165, 1.54) is 12.8 Å². The van der Waals surface area contributed by atoms with E-state index in [0.29, 0.717) is 11.8 Å². The molecule has 0 aliphatic heterocycles. The molecule has 0 spiro atoms. The molecule has 1 N–H and O–H groups in total. The molecule has 2 rings (SSSR count). The highest BCUT2D eigenvalue weighted by Gasteiger charge is 2.22. The van der Waals surface area contributed by atoms with E-state index in [0.717, 1.165) is 25.5 Å². The molecular weight excluding hydrogens is 190 g/mol. The molecule has 1 aromatic rings. The molecule has 4 nitrogen and oxygen atoms in total. The number of nitrogens with zero attached hydrogens (tertiary/aromatic N) is 2. The van der Waals surface area contributed by atoms with Crippen LogP contribution in [0.3, 0.4) is 0 Å². The lowest BCUT2D eigenvalue weighted by Crippen LogP contribution is -2.06. The van der Waals surface area contributed by atoms with Crippen molar-refractivity contribution in [1.82, 2.24) is 9.97 Å². The van der Waals surface area contributed by atoms with Crippen LogP contribution in [0, 0.1) is 5.92 Å². The van der Waals surface area contributed by atoms with E-state index in [-0.39, 0.29) is 0 Å². The van der Waals surface area contributed by atoms with Crippen LogP contribution in [0.5, 0.6) is 5.88 Å². The van der Waals surface area contributed by atoms with Crippen molar-refractivity contribution < 1.29 is 4.74 Å². The zero-order valence-corrected chi connectivity index (χ0v) is 9.07. The summed E-state index contributed by atoms with van der Waals surface area (Å²) in [6, 6.07) is 1.81. The van der Waals surface area contributed by atoms with Crippen molar-refractivity contribution in [2.45, 2.75) is 26.2 Å². The first-order chi connectivity index (χ1) is 7.38. The van der Waals surface area contributed by atoms with Gasteiger partial charge in [0.2, 0.25) is 11.8 Å². The van der Waals surface area contributed by atoms with E-state index < -0.39 is 0 Å². The summed E-state index contributed by atoms with van der Waals surface area (Å²) in [7, 11) is 0. The fourth-order valence-electron chi connectivity index (χ4n) is 1.23. The molecule has 0 aromatic carbocycles. The lowest BCUT2D eigenvalue weighted by atomic mass is 10.5. The number of rotatable bonds is 6. The molecule has 0 amide bonds. The van der Waals surface area contributed by atoms with E-state index in [4.69, 9.17) is 4.74 Å². The fraction of sp³-hybridized carbons (Fsp3) is 0.636. The Morgan fingerprint density at radius 2 is 2.40 bits per heavy atom. The van der Waals surface area contributed by atoms with Crippen LogP contribution in [-0.4, -0.2) is 23.1 Å². The van der Waals surface area contributed by atoms with Crippen LogP contribution >= 0.6 is 0 Å². The molecule has 1 heterocycles. The number of nitrogens with one attached hydrogen (secondary N) is 1. The van der Waals surface area contributed by atoms with E-state index in [1.54, 1.807) is 12.3 Å². The van der Waals surface area contributed by atoms with Crippen LogP contribution in [-0.2, 0) is 0 Å². The first kappa shape index (κ1) is 10.2. The number of hydrogen-bond donors (Lipinski definition) is 1. The predicted molar refractivity (Wildman–Crippen MR) is 59.0 cm³/mol. The molecule has 1 fully saturated rings. The standard InChI is InChI=1S/C11H17N3O/c1-2-6-12-11-13-7-5-10(14-11)15-8-9-3-4-9/h5,7,9H,2-4,6,8H2,1H3,(H,12,13,14). The van der Waals surface area contributed by atoms with Gasteiger partial charge in [0.25, 0.3) is 0 Å². The predicted octanol–water partition coefficient (Wildman–Crippen LogP) is 2.09. The summed E-state index contributed by atoms with van der Waals surface area (Å²) in [4.78, 5) is 8.38. The Balaban J connectivity index is 1.85. The van der Waals surface area contributed by atoms with Gasteiger partial charge in [-0.2, -0.15) is 4.98 Å². The van der Waals surface area contributed by atoms with Gasteiger partial charge in [-0.3, -0.25) is 0 Å². The lowest BCUT2D eigenvalue weighted by molar-refractivity contribution is 0.288. The van der Waals surface area contributed by atoms with Crippen LogP contribution in [0.1, 0.15) is 26.2 Å². The molecule has 4 heteroatoms. The second kappa shape index (κ2) is 4.96. The van der Waals surface area contributed by atoms with E-state index in [9.17, 15) is 0 Å². The van der Waals surface area contributed by atoms with Crippen LogP contribution in [0.2, 0.25) is 0 Å². The average Bonchev–Trinajstić information content (AvgIpc) is 3.08. The van der Waals surface area contributed by atoms with Crippen molar-refractivity contribution >= 4 is 5.95 Å². The molecule has 1 aliphatic rings. The molecule has 1 aliphatic carbocycles. The Kier molecular flexibility index (Phi) is 3.37. The summed E-state index contributed by atoms with van der Waals surface area (Å²) in [5.41, 5.74) is 0. The van der Waals surface area contributed by atoms with Crippen molar-refractivity contribution in [1.29, 1.82) is 0 Å². The first-order valence-corrected chi connectivity index (χ1v) is 5.58. The Bertz CT molecular complexity index is 312. The maximum atomic E-state index is 5.56. The highest BCUT2D eigenvalue weighted by molar-refractivity contribution is 5.27. The molecule has 0 unspecified atom stereocenters. The molecule has 0 radical (unpaired) electrons. The summed E-state index contributed by atoms with van der Waals surface area (Å²) in [6.45, 7) is 3.80. The number of anilines is 1. The summed E-state index contributed by atoms with van der Waals surface area (Å²) in [6.07, 6.45) is 5.39. The smallest absolute Gasteiger partial charge is 0.225 e. The van der Waals surface area contributed by atoms with Gasteiger partial charge in [0.15, 0.2) is 0 Å². The van der Waals surface area contributed by atoms with Crippen LogP contribution < -0.4 is 10.1 Å². The molecule has 0 saturated heterocycles. The summed E-state index contributed by atoms with van der Waals surface area (Å²) >= 11 is 0. The molecule has 82 valence electrons. The maximum absolute atomic E-state index is 5.56. The van der Waals surface area contributed by atoms with Gasteiger partial charge in [0.1, 0.15) is 0 Å². The van der Waals surface area contributed by atoms with Crippen LogP contribution in [0.4, 0.5) is 5.95 Å². The third-order valence-corrected chi connectivity index (χ3v) is 2.33. The summed E-state index contributed by atoms with van der Waals surface area (Å²) in [5.74, 6) is 2.09. The van der Waals surface area contributed by atoms with E-state index in [2.05, 4.69) is 22.2 Å². The van der Waals surface area contributed by atoms with Gasteiger partial charge in [0.05, 0.1) is 6.61 Å². The number of hydrogen-bond acceptors (Lipinski definition) is 4. The Hall–Kier alpha value is -1.32. The highest BCUT2D eigenvalue weighted by atomic mass is 16.5. The van der Waals surface area contributed by atoms with Gasteiger partial charge in [-0.25, -0.2) is 4.98 Å². The monoisotopic (exact) mass is 207 g/mol. The zero-order chi connectivity index (χ0) is 10.5. The van der Waals surface area contributed by atoms with Crippen LogP contribution in [0.15, 0.2) is 12.3 Å². The normalized spacial score (nSPS) is 15.0. The zero-order valence-electron chi connectivity index (χ0n) is 9.07. The van der Waals surface area contributed by atoms with Gasteiger partial charge >= 0.3 is 0 Å². The molecule has 0 atom stereocenters. The second-order valence-electron chi connectivity index (χ2n) is 3.90. The molecule has 1 saturated carbocycles. The minimum absolute atomic E-state index is 0.658. The SMILES string of the molecule is CCCNc1nccc(OCC2CC2)n1. The van der Waals surface area contributed by atoms with Gasteiger partial charge in [-0.05, 0) is 25.2 Å². The summed E-state index contributed by atoms with van der Waals surface area (Å²) < 4.78 is 5.56. The van der Waals surface area contributed by atoms with Crippen molar-refractivity contribution in [3.05, 3.63) is 12.3 Å². The first-order valence-electron chi connectivity index (χ1n) is 5.58. The molecular formula is C11H17N3O. The number of aromatic nitrogens is 2. The van der Waals surface area contributed by atoms with Crippen LogP contribution in [0.25, 0.3) is 0 Å². The third kappa shape index (κ3) is 3.38. The highest BCUT2D eigenvalue weighted by Crippen LogP contribution is 2.29. The molecule has 0 bridgehead atoms. The lowest BCUT2D eigenvalue weighted by Gasteiger charge is -2.06. The van der Waals surface area contributed by atoms with Gasteiger partial charge < -0.3 is 10.1 Å². The number of ether oxygens (including phenoxy) is 1. The minimum atomic E-state index is 0.658. The van der Waals surface area contributed by atoms with Crippen molar-refractivity contribution in [2.24, 2.45) is 5.92 Å².